The Labute approximate surface area is 166 Å². The van der Waals surface area contributed by atoms with Gasteiger partial charge in [0.1, 0.15) is 0 Å². The molecule has 2 aromatic carbocycles. The number of hydrogen-bond acceptors (Lipinski definition) is 4. The molecule has 6 nitrogen and oxygen atoms in total. The number of amides is 2. The van der Waals surface area contributed by atoms with E-state index in [9.17, 15) is 4.79 Å². The van der Waals surface area contributed by atoms with Crippen LogP contribution >= 0.6 is 0 Å². The minimum Gasteiger partial charge on any atom is -0.454 e. The normalized spacial score (nSPS) is 16.3. The van der Waals surface area contributed by atoms with Crippen molar-refractivity contribution in [1.82, 2.24) is 9.80 Å². The molecule has 6 heteroatoms. The molecule has 4 rings (SSSR count). The van der Waals surface area contributed by atoms with E-state index in [1.165, 1.54) is 11.1 Å². The second-order valence-corrected chi connectivity index (χ2v) is 7.34. The number of carbonyl (C=O) groups is 1. The van der Waals surface area contributed by atoms with Crippen LogP contribution in [0.2, 0.25) is 0 Å². The van der Waals surface area contributed by atoms with Gasteiger partial charge in [-0.2, -0.15) is 0 Å². The molecule has 0 aromatic heterocycles. The van der Waals surface area contributed by atoms with Crippen LogP contribution in [0.3, 0.4) is 0 Å². The number of anilines is 1. The number of ether oxygens (including phenoxy) is 2. The minimum absolute atomic E-state index is 0.00766. The van der Waals surface area contributed by atoms with Gasteiger partial charge in [0.25, 0.3) is 0 Å². The van der Waals surface area contributed by atoms with Gasteiger partial charge in [0, 0.05) is 38.4 Å². The summed E-state index contributed by atoms with van der Waals surface area (Å²) in [6, 6.07) is 12.2. The van der Waals surface area contributed by atoms with Gasteiger partial charge in [-0.1, -0.05) is 31.2 Å². The predicted molar refractivity (Wildman–Crippen MR) is 109 cm³/mol. The zero-order chi connectivity index (χ0) is 19.5. The quantitative estimate of drug-likeness (QED) is 0.879. The number of urea groups is 1. The lowest BCUT2D eigenvalue weighted by molar-refractivity contribution is 0.143. The van der Waals surface area contributed by atoms with Gasteiger partial charge < -0.3 is 19.7 Å². The SMILES string of the molecule is CCc1cccc(C)c1NC(=O)N1CCN(Cc2ccc3c(c2)OCO3)CC1. The van der Waals surface area contributed by atoms with Crippen molar-refractivity contribution in [2.45, 2.75) is 26.8 Å². The Morgan fingerprint density at radius 2 is 1.86 bits per heavy atom. The highest BCUT2D eigenvalue weighted by Gasteiger charge is 2.23. The maximum Gasteiger partial charge on any atom is 0.321 e. The molecule has 1 N–H and O–H groups in total. The topological polar surface area (TPSA) is 54.0 Å². The Morgan fingerprint density at radius 1 is 1.07 bits per heavy atom. The molecule has 1 fully saturated rings. The molecule has 1 saturated heterocycles. The molecule has 148 valence electrons. The molecule has 2 aliphatic rings. The van der Waals surface area contributed by atoms with Crippen molar-refractivity contribution in [1.29, 1.82) is 0 Å². The smallest absolute Gasteiger partial charge is 0.321 e. The standard InChI is InChI=1S/C22H27N3O3/c1-3-18-6-4-5-16(2)21(18)23-22(26)25-11-9-24(10-12-25)14-17-7-8-19-20(13-17)28-15-27-19/h4-8,13H,3,9-12,14-15H2,1-2H3,(H,23,26). The minimum atomic E-state index is -0.00766. The van der Waals surface area contributed by atoms with E-state index in [-0.39, 0.29) is 6.03 Å². The second kappa shape index (κ2) is 8.10. The number of nitrogens with one attached hydrogen (secondary N) is 1. The first kappa shape index (κ1) is 18.6. The number of benzene rings is 2. The molecule has 2 heterocycles. The molecule has 2 aliphatic heterocycles. The molecule has 0 radical (unpaired) electrons. The number of nitrogens with zero attached hydrogens (tertiary/aromatic N) is 2. The number of aryl methyl sites for hydroxylation is 2. The highest BCUT2D eigenvalue weighted by atomic mass is 16.7. The number of fused-ring (bicyclic) bond motifs is 1. The van der Waals surface area contributed by atoms with Gasteiger partial charge >= 0.3 is 6.03 Å². The lowest BCUT2D eigenvalue weighted by Gasteiger charge is -2.35. The van der Waals surface area contributed by atoms with Crippen LogP contribution < -0.4 is 14.8 Å². The molecule has 2 aromatic rings. The van der Waals surface area contributed by atoms with Gasteiger partial charge in [0.05, 0.1) is 0 Å². The highest BCUT2D eigenvalue weighted by Crippen LogP contribution is 2.32. The molecule has 0 atom stereocenters. The molecule has 0 spiro atoms. The zero-order valence-corrected chi connectivity index (χ0v) is 16.5. The van der Waals surface area contributed by atoms with Crippen LogP contribution in [-0.4, -0.2) is 48.8 Å². The molecule has 28 heavy (non-hydrogen) atoms. The number of para-hydroxylation sites is 1. The Hall–Kier alpha value is -2.73. The fourth-order valence-corrected chi connectivity index (χ4v) is 3.79. The van der Waals surface area contributed by atoms with Gasteiger partial charge in [-0.15, -0.1) is 0 Å². The average molecular weight is 381 g/mol. The fraction of sp³-hybridized carbons (Fsp3) is 0.409. The summed E-state index contributed by atoms with van der Waals surface area (Å²) in [5.41, 5.74) is 4.44. The first-order valence-corrected chi connectivity index (χ1v) is 9.89. The van der Waals surface area contributed by atoms with Gasteiger partial charge in [0.15, 0.2) is 11.5 Å². The van der Waals surface area contributed by atoms with E-state index in [0.29, 0.717) is 6.79 Å². The Bertz CT molecular complexity index is 860. The van der Waals surface area contributed by atoms with Gasteiger partial charge in [-0.3, -0.25) is 4.90 Å². The number of rotatable bonds is 4. The third-order valence-electron chi connectivity index (χ3n) is 5.47. The van der Waals surface area contributed by atoms with Crippen LogP contribution in [0.15, 0.2) is 36.4 Å². The van der Waals surface area contributed by atoms with Crippen molar-refractivity contribution in [3.8, 4) is 11.5 Å². The van der Waals surface area contributed by atoms with Crippen LogP contribution in [0.5, 0.6) is 11.5 Å². The van der Waals surface area contributed by atoms with Crippen molar-refractivity contribution in [2.24, 2.45) is 0 Å². The van der Waals surface area contributed by atoms with Crippen LogP contribution in [0, 0.1) is 6.92 Å². The Morgan fingerprint density at radius 3 is 2.64 bits per heavy atom. The largest absolute Gasteiger partial charge is 0.454 e. The second-order valence-electron chi connectivity index (χ2n) is 7.34. The number of hydrogen-bond donors (Lipinski definition) is 1. The summed E-state index contributed by atoms with van der Waals surface area (Å²) < 4.78 is 10.8. The number of carbonyl (C=O) groups excluding carboxylic acids is 1. The summed E-state index contributed by atoms with van der Waals surface area (Å²) in [4.78, 5) is 17.0. The molecule has 2 amide bonds. The van der Waals surface area contributed by atoms with Gasteiger partial charge in [0.2, 0.25) is 6.79 Å². The lowest BCUT2D eigenvalue weighted by atomic mass is 10.1. The van der Waals surface area contributed by atoms with E-state index in [2.05, 4.69) is 29.3 Å². The van der Waals surface area contributed by atoms with Gasteiger partial charge in [-0.25, -0.2) is 4.79 Å². The summed E-state index contributed by atoms with van der Waals surface area (Å²) in [5.74, 6) is 1.63. The third kappa shape index (κ3) is 3.92. The summed E-state index contributed by atoms with van der Waals surface area (Å²) in [6.07, 6.45) is 0.903. The molecule has 0 saturated carbocycles. The fourth-order valence-electron chi connectivity index (χ4n) is 3.79. The van der Waals surface area contributed by atoms with Gasteiger partial charge in [-0.05, 0) is 42.2 Å². The van der Waals surface area contributed by atoms with Crippen molar-refractivity contribution in [3.63, 3.8) is 0 Å². The average Bonchev–Trinajstić information content (AvgIpc) is 3.18. The maximum atomic E-state index is 12.7. The summed E-state index contributed by atoms with van der Waals surface area (Å²) in [7, 11) is 0. The van der Waals surface area contributed by atoms with E-state index in [0.717, 1.165) is 61.9 Å². The molecule has 0 aliphatic carbocycles. The van der Waals surface area contributed by atoms with Crippen molar-refractivity contribution in [3.05, 3.63) is 53.1 Å². The Balaban J connectivity index is 1.32. The van der Waals surface area contributed by atoms with Crippen molar-refractivity contribution < 1.29 is 14.3 Å². The molecule has 0 unspecified atom stereocenters. The lowest BCUT2D eigenvalue weighted by Crippen LogP contribution is -2.49. The van der Waals surface area contributed by atoms with E-state index in [4.69, 9.17) is 9.47 Å². The van der Waals surface area contributed by atoms with E-state index in [1.807, 2.05) is 36.1 Å². The summed E-state index contributed by atoms with van der Waals surface area (Å²) in [6.45, 7) is 8.47. The van der Waals surface area contributed by atoms with E-state index >= 15 is 0 Å². The van der Waals surface area contributed by atoms with E-state index < -0.39 is 0 Å². The maximum absolute atomic E-state index is 12.7. The molecular weight excluding hydrogens is 354 g/mol. The molecule has 0 bridgehead atoms. The summed E-state index contributed by atoms with van der Waals surface area (Å²) >= 11 is 0. The highest BCUT2D eigenvalue weighted by molar-refractivity contribution is 5.91. The van der Waals surface area contributed by atoms with Crippen molar-refractivity contribution in [2.75, 3.05) is 38.3 Å². The Kier molecular flexibility index (Phi) is 5.39. The van der Waals surface area contributed by atoms with Crippen LogP contribution in [-0.2, 0) is 13.0 Å². The number of piperazine rings is 1. The first-order chi connectivity index (χ1) is 13.6. The summed E-state index contributed by atoms with van der Waals surface area (Å²) in [5, 5.41) is 3.13. The zero-order valence-electron chi connectivity index (χ0n) is 16.5. The van der Waals surface area contributed by atoms with Crippen molar-refractivity contribution >= 4 is 11.7 Å². The van der Waals surface area contributed by atoms with Crippen LogP contribution in [0.1, 0.15) is 23.6 Å². The third-order valence-corrected chi connectivity index (χ3v) is 5.47. The monoisotopic (exact) mass is 381 g/mol. The molecular formula is C22H27N3O3. The predicted octanol–water partition coefficient (Wildman–Crippen LogP) is 3.64. The van der Waals surface area contributed by atoms with Crippen LogP contribution in [0.25, 0.3) is 0 Å². The van der Waals surface area contributed by atoms with E-state index in [1.54, 1.807) is 0 Å². The van der Waals surface area contributed by atoms with Crippen LogP contribution in [0.4, 0.5) is 10.5 Å². The first-order valence-electron chi connectivity index (χ1n) is 9.89.